The van der Waals surface area contributed by atoms with Gasteiger partial charge in [0.05, 0.1) is 5.60 Å². The van der Waals surface area contributed by atoms with E-state index in [0.717, 1.165) is 38.9 Å². The highest BCUT2D eigenvalue weighted by molar-refractivity contribution is 5.03. The highest BCUT2D eigenvalue weighted by Gasteiger charge is 2.48. The van der Waals surface area contributed by atoms with Crippen LogP contribution in [0.4, 0.5) is 0 Å². The highest BCUT2D eigenvalue weighted by Crippen LogP contribution is 2.37. The lowest BCUT2D eigenvalue weighted by molar-refractivity contribution is -0.126. The average molecular weight is 184 g/mol. The van der Waals surface area contributed by atoms with E-state index < -0.39 is 5.60 Å². The SMILES string of the molecule is CCC(N)C1(O)CN2CCC1CC2. The average Bonchev–Trinajstić information content (AvgIpc) is 2.18. The van der Waals surface area contributed by atoms with Gasteiger partial charge in [0, 0.05) is 12.6 Å². The maximum Gasteiger partial charge on any atom is 0.0952 e. The summed E-state index contributed by atoms with van der Waals surface area (Å²) in [5.74, 6) is 0.451. The first-order chi connectivity index (χ1) is 6.16. The van der Waals surface area contributed by atoms with Gasteiger partial charge in [-0.3, -0.25) is 0 Å². The fourth-order valence-electron chi connectivity index (χ4n) is 2.85. The number of fused-ring (bicyclic) bond motifs is 3. The van der Waals surface area contributed by atoms with E-state index in [1.165, 1.54) is 0 Å². The van der Waals surface area contributed by atoms with Gasteiger partial charge in [0.25, 0.3) is 0 Å². The standard InChI is InChI=1S/C10H20N2O/c1-2-9(11)10(13)7-12-5-3-8(10)4-6-12/h8-9,13H,2-7,11H2,1H3. The molecular weight excluding hydrogens is 164 g/mol. The molecule has 2 atom stereocenters. The van der Waals surface area contributed by atoms with Crippen molar-refractivity contribution in [2.75, 3.05) is 19.6 Å². The fourth-order valence-corrected chi connectivity index (χ4v) is 2.85. The van der Waals surface area contributed by atoms with Crippen LogP contribution >= 0.6 is 0 Å². The molecule has 0 radical (unpaired) electrons. The topological polar surface area (TPSA) is 49.5 Å². The van der Waals surface area contributed by atoms with Gasteiger partial charge in [0.1, 0.15) is 0 Å². The summed E-state index contributed by atoms with van der Waals surface area (Å²) in [5, 5.41) is 10.5. The summed E-state index contributed by atoms with van der Waals surface area (Å²) in [6.45, 7) is 5.17. The van der Waals surface area contributed by atoms with E-state index in [4.69, 9.17) is 5.73 Å². The van der Waals surface area contributed by atoms with Gasteiger partial charge in [-0.25, -0.2) is 0 Å². The van der Waals surface area contributed by atoms with E-state index in [-0.39, 0.29) is 6.04 Å². The van der Waals surface area contributed by atoms with Crippen LogP contribution in [-0.4, -0.2) is 41.3 Å². The Labute approximate surface area is 79.9 Å². The molecular formula is C10H20N2O. The Balaban J connectivity index is 2.13. The fraction of sp³-hybridized carbons (Fsp3) is 1.00. The molecule has 3 aliphatic rings. The molecule has 0 amide bonds. The predicted octanol–water partition coefficient (Wildman–Crippen LogP) is 0.180. The van der Waals surface area contributed by atoms with Crippen molar-refractivity contribution in [3.63, 3.8) is 0 Å². The van der Waals surface area contributed by atoms with Crippen molar-refractivity contribution in [1.29, 1.82) is 0 Å². The van der Waals surface area contributed by atoms with Gasteiger partial charge in [-0.2, -0.15) is 0 Å². The van der Waals surface area contributed by atoms with Crippen LogP contribution in [0.3, 0.4) is 0 Å². The van der Waals surface area contributed by atoms with Crippen molar-refractivity contribution in [2.24, 2.45) is 11.7 Å². The van der Waals surface area contributed by atoms with Gasteiger partial charge in [-0.05, 0) is 38.3 Å². The molecule has 2 unspecified atom stereocenters. The van der Waals surface area contributed by atoms with E-state index in [0.29, 0.717) is 5.92 Å². The van der Waals surface area contributed by atoms with Crippen LogP contribution in [-0.2, 0) is 0 Å². The first-order valence-electron chi connectivity index (χ1n) is 5.37. The molecule has 3 heteroatoms. The summed E-state index contributed by atoms with van der Waals surface area (Å²) in [6.07, 6.45) is 3.13. The molecule has 0 aromatic heterocycles. The zero-order valence-electron chi connectivity index (χ0n) is 8.37. The Bertz CT molecular complexity index is 189. The second-order valence-corrected chi connectivity index (χ2v) is 4.56. The van der Waals surface area contributed by atoms with Gasteiger partial charge in [-0.1, -0.05) is 6.92 Å². The molecule has 3 aliphatic heterocycles. The molecule has 3 rings (SSSR count). The molecule has 13 heavy (non-hydrogen) atoms. The van der Waals surface area contributed by atoms with E-state index >= 15 is 0 Å². The summed E-state index contributed by atoms with van der Waals surface area (Å²) >= 11 is 0. The molecule has 3 saturated heterocycles. The summed E-state index contributed by atoms with van der Waals surface area (Å²) in [4.78, 5) is 2.34. The molecule has 0 spiro atoms. The monoisotopic (exact) mass is 184 g/mol. The largest absolute Gasteiger partial charge is 0.387 e. The maximum absolute atomic E-state index is 10.5. The third kappa shape index (κ3) is 1.39. The first kappa shape index (κ1) is 9.44. The molecule has 3 N–H and O–H groups in total. The van der Waals surface area contributed by atoms with Gasteiger partial charge in [0.15, 0.2) is 0 Å². The number of piperidine rings is 3. The molecule has 0 aliphatic carbocycles. The normalized spacial score (nSPS) is 46.4. The molecule has 0 saturated carbocycles. The quantitative estimate of drug-likeness (QED) is 0.643. The van der Waals surface area contributed by atoms with Crippen LogP contribution in [0, 0.1) is 5.92 Å². The minimum Gasteiger partial charge on any atom is -0.387 e. The van der Waals surface area contributed by atoms with Crippen LogP contribution < -0.4 is 5.73 Å². The van der Waals surface area contributed by atoms with E-state index in [2.05, 4.69) is 11.8 Å². The van der Waals surface area contributed by atoms with Crippen molar-refractivity contribution in [3.8, 4) is 0 Å². The number of nitrogens with zero attached hydrogens (tertiary/aromatic N) is 1. The van der Waals surface area contributed by atoms with Crippen LogP contribution in [0.1, 0.15) is 26.2 Å². The predicted molar refractivity (Wildman–Crippen MR) is 52.4 cm³/mol. The number of hydrogen-bond acceptors (Lipinski definition) is 3. The zero-order valence-corrected chi connectivity index (χ0v) is 8.37. The van der Waals surface area contributed by atoms with Gasteiger partial charge in [-0.15, -0.1) is 0 Å². The lowest BCUT2D eigenvalue weighted by atomic mass is 9.71. The van der Waals surface area contributed by atoms with E-state index in [1.807, 2.05) is 0 Å². The smallest absolute Gasteiger partial charge is 0.0952 e. The van der Waals surface area contributed by atoms with Crippen molar-refractivity contribution >= 4 is 0 Å². The Kier molecular flexibility index (Phi) is 2.34. The Hall–Kier alpha value is -0.120. The van der Waals surface area contributed by atoms with E-state index in [1.54, 1.807) is 0 Å². The zero-order chi connectivity index (χ0) is 9.47. The third-order valence-electron chi connectivity index (χ3n) is 3.85. The van der Waals surface area contributed by atoms with Crippen molar-refractivity contribution in [2.45, 2.75) is 37.8 Å². The van der Waals surface area contributed by atoms with Gasteiger partial charge < -0.3 is 15.7 Å². The molecule has 2 bridgehead atoms. The lowest BCUT2D eigenvalue weighted by Crippen LogP contribution is -2.66. The second kappa shape index (κ2) is 3.23. The van der Waals surface area contributed by atoms with Gasteiger partial charge in [0.2, 0.25) is 0 Å². The van der Waals surface area contributed by atoms with Crippen LogP contribution in [0.2, 0.25) is 0 Å². The summed E-state index contributed by atoms with van der Waals surface area (Å²) < 4.78 is 0. The number of rotatable bonds is 2. The Morgan fingerprint density at radius 3 is 2.54 bits per heavy atom. The van der Waals surface area contributed by atoms with Crippen molar-refractivity contribution < 1.29 is 5.11 Å². The Morgan fingerprint density at radius 2 is 2.15 bits per heavy atom. The molecule has 3 heterocycles. The molecule has 3 nitrogen and oxygen atoms in total. The Morgan fingerprint density at radius 1 is 1.54 bits per heavy atom. The minimum atomic E-state index is -0.592. The molecule has 0 aromatic rings. The van der Waals surface area contributed by atoms with Crippen LogP contribution in [0.25, 0.3) is 0 Å². The second-order valence-electron chi connectivity index (χ2n) is 4.56. The minimum absolute atomic E-state index is 0.0411. The van der Waals surface area contributed by atoms with Crippen LogP contribution in [0.5, 0.6) is 0 Å². The summed E-state index contributed by atoms with van der Waals surface area (Å²) in [6, 6.07) is -0.0411. The van der Waals surface area contributed by atoms with Gasteiger partial charge >= 0.3 is 0 Å². The van der Waals surface area contributed by atoms with Crippen molar-refractivity contribution in [3.05, 3.63) is 0 Å². The highest BCUT2D eigenvalue weighted by atomic mass is 16.3. The molecule has 0 aromatic carbocycles. The lowest BCUT2D eigenvalue weighted by Gasteiger charge is -2.52. The third-order valence-corrected chi connectivity index (χ3v) is 3.85. The number of aliphatic hydroxyl groups is 1. The van der Waals surface area contributed by atoms with Crippen molar-refractivity contribution in [1.82, 2.24) is 4.90 Å². The summed E-state index contributed by atoms with van der Waals surface area (Å²) in [7, 11) is 0. The van der Waals surface area contributed by atoms with Crippen LogP contribution in [0.15, 0.2) is 0 Å². The number of hydrogen-bond donors (Lipinski definition) is 2. The summed E-state index contributed by atoms with van der Waals surface area (Å²) in [5.41, 5.74) is 5.40. The maximum atomic E-state index is 10.5. The molecule has 76 valence electrons. The molecule has 3 fully saturated rings. The van der Waals surface area contributed by atoms with E-state index in [9.17, 15) is 5.11 Å². The number of nitrogens with two attached hydrogens (primary N) is 1. The first-order valence-corrected chi connectivity index (χ1v) is 5.37.